The molecule has 0 bridgehead atoms. The van der Waals surface area contributed by atoms with Crippen LogP contribution in [-0.2, 0) is 6.54 Å². The minimum atomic E-state index is 0.112. The van der Waals surface area contributed by atoms with Crippen LogP contribution < -0.4 is 5.32 Å². The molecule has 0 aliphatic carbocycles. The van der Waals surface area contributed by atoms with Gasteiger partial charge in [0.15, 0.2) is 0 Å². The molecule has 0 radical (unpaired) electrons. The molecule has 0 saturated carbocycles. The summed E-state index contributed by atoms with van der Waals surface area (Å²) in [5.41, 5.74) is 2.72. The van der Waals surface area contributed by atoms with Gasteiger partial charge in [0.05, 0.1) is 11.4 Å². The molecule has 22 heavy (non-hydrogen) atoms. The van der Waals surface area contributed by atoms with Crippen molar-refractivity contribution in [3.63, 3.8) is 0 Å². The number of amides is 1. The normalized spacial score (nSPS) is 14.6. The lowest BCUT2D eigenvalue weighted by atomic mass is 10.1. The van der Waals surface area contributed by atoms with Crippen molar-refractivity contribution in [2.45, 2.75) is 13.0 Å². The van der Waals surface area contributed by atoms with Gasteiger partial charge in [0.2, 0.25) is 0 Å². The van der Waals surface area contributed by atoms with Crippen LogP contribution in [0.3, 0.4) is 0 Å². The number of aromatic nitrogens is 1. The van der Waals surface area contributed by atoms with Gasteiger partial charge in [-0.3, -0.25) is 9.78 Å². The van der Waals surface area contributed by atoms with Crippen LogP contribution in [0, 0.1) is 0 Å². The van der Waals surface area contributed by atoms with Crippen molar-refractivity contribution < 1.29 is 4.79 Å². The summed E-state index contributed by atoms with van der Waals surface area (Å²) in [7, 11) is 0. The second-order valence-electron chi connectivity index (χ2n) is 5.22. The molecule has 114 valence electrons. The molecule has 0 unspecified atom stereocenters. The minimum absolute atomic E-state index is 0.112. The molecule has 1 aliphatic rings. The molecular weight excluding hydrogens is 294 g/mol. The van der Waals surface area contributed by atoms with Gasteiger partial charge in [-0.1, -0.05) is 18.2 Å². The standard InChI is InChI=1S/C17H19N3OS/c21-17(20-9-4-10-22-13-20)15-6-1-2-7-16(15)19-12-14-5-3-8-18-11-14/h1-3,5-8,11,19H,4,9-10,12-13H2. The Morgan fingerprint density at radius 2 is 2.18 bits per heavy atom. The quantitative estimate of drug-likeness (QED) is 0.941. The van der Waals surface area contributed by atoms with E-state index in [1.54, 1.807) is 6.20 Å². The van der Waals surface area contributed by atoms with E-state index in [0.29, 0.717) is 6.54 Å². The zero-order valence-electron chi connectivity index (χ0n) is 12.4. The number of pyridine rings is 1. The largest absolute Gasteiger partial charge is 0.380 e. The molecule has 0 spiro atoms. The van der Waals surface area contributed by atoms with E-state index < -0.39 is 0 Å². The summed E-state index contributed by atoms with van der Waals surface area (Å²) in [6, 6.07) is 11.7. The number of anilines is 1. The van der Waals surface area contributed by atoms with E-state index in [1.165, 1.54) is 0 Å². The monoisotopic (exact) mass is 313 g/mol. The average molecular weight is 313 g/mol. The Kier molecular flexibility index (Phi) is 4.96. The van der Waals surface area contributed by atoms with Crippen LogP contribution in [0.4, 0.5) is 5.69 Å². The number of benzene rings is 1. The van der Waals surface area contributed by atoms with Gasteiger partial charge in [0.25, 0.3) is 5.91 Å². The van der Waals surface area contributed by atoms with Crippen LogP contribution in [0.15, 0.2) is 48.8 Å². The number of hydrogen-bond acceptors (Lipinski definition) is 4. The lowest BCUT2D eigenvalue weighted by molar-refractivity contribution is 0.0783. The molecule has 1 aliphatic heterocycles. The van der Waals surface area contributed by atoms with E-state index in [1.807, 2.05) is 59.3 Å². The molecule has 1 amide bonds. The number of nitrogens with one attached hydrogen (secondary N) is 1. The third-order valence-electron chi connectivity index (χ3n) is 3.61. The highest BCUT2D eigenvalue weighted by atomic mass is 32.2. The third-order valence-corrected chi connectivity index (χ3v) is 4.69. The fraction of sp³-hybridized carbons (Fsp3) is 0.294. The second kappa shape index (κ2) is 7.31. The molecule has 1 fully saturated rings. The maximum Gasteiger partial charge on any atom is 0.256 e. The van der Waals surface area contributed by atoms with Crippen LogP contribution in [0.2, 0.25) is 0 Å². The van der Waals surface area contributed by atoms with Crippen molar-refractivity contribution in [3.05, 3.63) is 59.9 Å². The Bertz CT molecular complexity index is 627. The first-order valence-corrected chi connectivity index (χ1v) is 8.59. The predicted octanol–water partition coefficient (Wildman–Crippen LogP) is 3.23. The van der Waals surface area contributed by atoms with Crippen molar-refractivity contribution in [1.82, 2.24) is 9.88 Å². The molecule has 5 heteroatoms. The summed E-state index contributed by atoms with van der Waals surface area (Å²) in [6.07, 6.45) is 4.66. The van der Waals surface area contributed by atoms with Crippen molar-refractivity contribution >= 4 is 23.4 Å². The van der Waals surface area contributed by atoms with Crippen LogP contribution in [0.25, 0.3) is 0 Å². The Hall–Kier alpha value is -2.01. The van der Waals surface area contributed by atoms with Gasteiger partial charge in [-0.15, -0.1) is 11.8 Å². The molecule has 2 heterocycles. The van der Waals surface area contributed by atoms with E-state index in [9.17, 15) is 4.79 Å². The van der Waals surface area contributed by atoms with E-state index in [4.69, 9.17) is 0 Å². The SMILES string of the molecule is O=C(c1ccccc1NCc1cccnc1)N1CCCSC1. The molecule has 1 N–H and O–H groups in total. The summed E-state index contributed by atoms with van der Waals surface area (Å²) in [4.78, 5) is 18.7. The number of carbonyl (C=O) groups excluding carboxylic acids is 1. The number of nitrogens with zero attached hydrogens (tertiary/aromatic N) is 2. The minimum Gasteiger partial charge on any atom is -0.380 e. The van der Waals surface area contributed by atoms with Crippen molar-refractivity contribution in [1.29, 1.82) is 0 Å². The molecule has 0 atom stereocenters. The smallest absolute Gasteiger partial charge is 0.256 e. The summed E-state index contributed by atoms with van der Waals surface area (Å²) in [5.74, 6) is 2.04. The lowest BCUT2D eigenvalue weighted by Crippen LogP contribution is -2.35. The highest BCUT2D eigenvalue weighted by Gasteiger charge is 2.20. The summed E-state index contributed by atoms with van der Waals surface area (Å²) < 4.78 is 0. The Morgan fingerprint density at radius 3 is 2.95 bits per heavy atom. The number of hydrogen-bond donors (Lipinski definition) is 1. The first kappa shape index (κ1) is 14.9. The van der Waals surface area contributed by atoms with E-state index >= 15 is 0 Å². The molecule has 2 aromatic rings. The van der Waals surface area contributed by atoms with Gasteiger partial charge < -0.3 is 10.2 Å². The maximum atomic E-state index is 12.7. The average Bonchev–Trinajstić information content (AvgIpc) is 2.61. The van der Waals surface area contributed by atoms with Crippen molar-refractivity contribution in [3.8, 4) is 0 Å². The summed E-state index contributed by atoms with van der Waals surface area (Å²) >= 11 is 1.82. The van der Waals surface area contributed by atoms with Gasteiger partial charge >= 0.3 is 0 Å². The number of para-hydroxylation sites is 1. The van der Waals surface area contributed by atoms with Crippen molar-refractivity contribution in [2.75, 3.05) is 23.5 Å². The highest BCUT2D eigenvalue weighted by Crippen LogP contribution is 2.22. The fourth-order valence-electron chi connectivity index (χ4n) is 2.45. The van der Waals surface area contributed by atoms with Gasteiger partial charge in [-0.05, 0) is 35.9 Å². The van der Waals surface area contributed by atoms with Gasteiger partial charge in [-0.2, -0.15) is 0 Å². The Balaban J connectivity index is 1.73. The van der Waals surface area contributed by atoms with Crippen LogP contribution in [0.1, 0.15) is 22.3 Å². The number of thioether (sulfide) groups is 1. The summed E-state index contributed by atoms with van der Waals surface area (Å²) in [6.45, 7) is 1.51. The van der Waals surface area contributed by atoms with Crippen LogP contribution >= 0.6 is 11.8 Å². The first-order valence-electron chi connectivity index (χ1n) is 7.43. The zero-order valence-corrected chi connectivity index (χ0v) is 13.2. The van der Waals surface area contributed by atoms with Crippen molar-refractivity contribution in [2.24, 2.45) is 0 Å². The Morgan fingerprint density at radius 1 is 1.27 bits per heavy atom. The van der Waals surface area contributed by atoms with Gasteiger partial charge in [0.1, 0.15) is 0 Å². The fourth-order valence-corrected chi connectivity index (χ4v) is 3.38. The topological polar surface area (TPSA) is 45.2 Å². The molecule has 4 nitrogen and oxygen atoms in total. The molecule has 1 aromatic carbocycles. The highest BCUT2D eigenvalue weighted by molar-refractivity contribution is 7.99. The number of carbonyl (C=O) groups is 1. The molecular formula is C17H19N3OS. The second-order valence-corrected chi connectivity index (χ2v) is 6.29. The molecule has 1 saturated heterocycles. The van der Waals surface area contributed by atoms with Gasteiger partial charge in [0, 0.05) is 31.2 Å². The molecule has 3 rings (SSSR count). The predicted molar refractivity (Wildman–Crippen MR) is 91.0 cm³/mol. The van der Waals surface area contributed by atoms with Crippen LogP contribution in [0.5, 0.6) is 0 Å². The number of rotatable bonds is 4. The van der Waals surface area contributed by atoms with Gasteiger partial charge in [-0.25, -0.2) is 0 Å². The van der Waals surface area contributed by atoms with E-state index in [0.717, 1.165) is 41.4 Å². The zero-order chi connectivity index (χ0) is 15.2. The van der Waals surface area contributed by atoms with Crippen LogP contribution in [-0.4, -0.2) is 34.0 Å². The maximum absolute atomic E-state index is 12.7. The Labute approximate surface area is 134 Å². The van der Waals surface area contributed by atoms with E-state index in [-0.39, 0.29) is 5.91 Å². The summed E-state index contributed by atoms with van der Waals surface area (Å²) in [5, 5.41) is 3.36. The lowest BCUT2D eigenvalue weighted by Gasteiger charge is -2.27. The third kappa shape index (κ3) is 3.60. The molecule has 1 aromatic heterocycles. The first-order chi connectivity index (χ1) is 10.8. The van der Waals surface area contributed by atoms with E-state index in [2.05, 4.69) is 10.3 Å².